The van der Waals surface area contributed by atoms with E-state index in [0.717, 1.165) is 24.8 Å². The largest absolute Gasteiger partial charge is 0.469 e. The van der Waals surface area contributed by atoms with Crippen molar-refractivity contribution in [3.8, 4) is 0 Å². The summed E-state index contributed by atoms with van der Waals surface area (Å²) in [6.07, 6.45) is 8.00. The van der Waals surface area contributed by atoms with E-state index in [1.54, 1.807) is 7.11 Å². The third kappa shape index (κ3) is 8.95. The van der Waals surface area contributed by atoms with E-state index in [-0.39, 0.29) is 42.0 Å². The van der Waals surface area contributed by atoms with Gasteiger partial charge >= 0.3 is 5.97 Å². The minimum Gasteiger partial charge on any atom is -0.469 e. The number of allylic oxidation sites excluding steroid dienone is 2. The van der Waals surface area contributed by atoms with Crippen molar-refractivity contribution in [1.82, 2.24) is 0 Å². The second-order valence-corrected chi connectivity index (χ2v) is 10.4. The van der Waals surface area contributed by atoms with Crippen LogP contribution >= 0.6 is 0 Å². The maximum absolute atomic E-state index is 12.3. The van der Waals surface area contributed by atoms with Crippen LogP contribution in [0.4, 0.5) is 0 Å². The molecule has 1 fully saturated rings. The summed E-state index contributed by atoms with van der Waals surface area (Å²) in [4.78, 5) is 23.4. The molecule has 1 aromatic carbocycles. The normalized spacial score (nSPS) is 19.2. The zero-order valence-electron chi connectivity index (χ0n) is 18.5. The molecule has 31 heavy (non-hydrogen) atoms. The molecule has 0 aromatic heterocycles. The first-order valence-corrected chi connectivity index (χ1v) is 12.7. The Kier molecular flexibility index (Phi) is 10.4. The molecule has 0 aliphatic heterocycles. The summed E-state index contributed by atoms with van der Waals surface area (Å²) >= 11 is 0. The number of carbonyl (C=O) groups excluding carboxylic acids is 2. The molecule has 0 amide bonds. The molecule has 0 spiro atoms. The summed E-state index contributed by atoms with van der Waals surface area (Å²) in [6.45, 7) is 0.598. The van der Waals surface area contributed by atoms with Crippen LogP contribution in [0.5, 0.6) is 0 Å². The number of benzene rings is 1. The molecule has 2 rings (SSSR count). The Hall–Kier alpha value is -1.99. The molecule has 1 aromatic rings. The lowest BCUT2D eigenvalue weighted by molar-refractivity contribution is -0.140. The highest BCUT2D eigenvalue weighted by Gasteiger charge is 2.33. The number of carbonyl (C=O) groups is 2. The van der Waals surface area contributed by atoms with E-state index < -0.39 is 15.8 Å². The summed E-state index contributed by atoms with van der Waals surface area (Å²) in [5.41, 5.74) is 2.40. The second-order valence-electron chi connectivity index (χ2n) is 8.12. The van der Waals surface area contributed by atoms with Gasteiger partial charge in [-0.25, -0.2) is 8.42 Å². The van der Waals surface area contributed by atoms with Crippen LogP contribution in [0.2, 0.25) is 0 Å². The lowest BCUT2D eigenvalue weighted by Gasteiger charge is -2.15. The molecule has 0 bridgehead atoms. The SMILES string of the molecule is COCc1cccc(CC/C=C/[C@H]2CCC(=O)[C@@H]2CCS(=O)(=O)CCCC(=O)OC)c1. The molecule has 0 saturated heterocycles. The van der Waals surface area contributed by atoms with Crippen molar-refractivity contribution in [2.75, 3.05) is 25.7 Å². The van der Waals surface area contributed by atoms with E-state index in [2.05, 4.69) is 29.0 Å². The molecular weight excluding hydrogens is 416 g/mol. The predicted molar refractivity (Wildman–Crippen MR) is 120 cm³/mol. The van der Waals surface area contributed by atoms with Crippen LogP contribution in [0.15, 0.2) is 36.4 Å². The third-order valence-electron chi connectivity index (χ3n) is 5.74. The molecule has 0 N–H and O–H groups in total. The molecule has 2 atom stereocenters. The monoisotopic (exact) mass is 450 g/mol. The summed E-state index contributed by atoms with van der Waals surface area (Å²) in [7, 11) is -0.315. The van der Waals surface area contributed by atoms with Crippen molar-refractivity contribution in [3.05, 3.63) is 47.5 Å². The van der Waals surface area contributed by atoms with Gasteiger partial charge in [0.1, 0.15) is 15.6 Å². The van der Waals surface area contributed by atoms with Crippen LogP contribution in [0.1, 0.15) is 49.7 Å². The number of ketones is 1. The number of hydrogen-bond acceptors (Lipinski definition) is 6. The Labute approximate surface area is 185 Å². The zero-order chi connectivity index (χ0) is 22.7. The summed E-state index contributed by atoms with van der Waals surface area (Å²) in [5, 5.41) is 0. The average Bonchev–Trinajstić information content (AvgIpc) is 3.09. The number of hydrogen-bond donors (Lipinski definition) is 0. The number of rotatable bonds is 13. The van der Waals surface area contributed by atoms with Crippen LogP contribution in [0.3, 0.4) is 0 Å². The van der Waals surface area contributed by atoms with Gasteiger partial charge < -0.3 is 9.47 Å². The maximum atomic E-state index is 12.3. The van der Waals surface area contributed by atoms with Gasteiger partial charge in [-0.1, -0.05) is 36.4 Å². The first-order chi connectivity index (χ1) is 14.8. The van der Waals surface area contributed by atoms with Crippen LogP contribution in [-0.4, -0.2) is 45.9 Å². The van der Waals surface area contributed by atoms with Crippen molar-refractivity contribution >= 4 is 21.6 Å². The Morgan fingerprint density at radius 3 is 2.71 bits per heavy atom. The Bertz CT molecular complexity index is 859. The number of Topliss-reactive ketones (excluding diaryl/α,β-unsaturated/α-hetero) is 1. The molecule has 7 heteroatoms. The van der Waals surface area contributed by atoms with Crippen LogP contribution in [0, 0.1) is 11.8 Å². The molecule has 0 radical (unpaired) electrons. The van der Waals surface area contributed by atoms with Crippen molar-refractivity contribution < 1.29 is 27.5 Å². The number of esters is 1. The molecule has 1 aliphatic carbocycles. The second kappa shape index (κ2) is 12.8. The highest BCUT2D eigenvalue weighted by Crippen LogP contribution is 2.33. The molecule has 1 aliphatic rings. The lowest BCUT2D eigenvalue weighted by Crippen LogP contribution is -2.20. The summed E-state index contributed by atoms with van der Waals surface area (Å²) in [5.74, 6) is -0.426. The third-order valence-corrected chi connectivity index (χ3v) is 7.51. The first-order valence-electron chi connectivity index (χ1n) is 10.9. The fourth-order valence-corrected chi connectivity index (χ4v) is 5.45. The molecule has 0 heterocycles. The maximum Gasteiger partial charge on any atom is 0.305 e. The summed E-state index contributed by atoms with van der Waals surface area (Å²) < 4.78 is 34.2. The minimum absolute atomic E-state index is 0.0127. The van der Waals surface area contributed by atoms with Crippen LogP contribution < -0.4 is 0 Å². The molecule has 172 valence electrons. The van der Waals surface area contributed by atoms with Crippen LogP contribution in [0.25, 0.3) is 0 Å². The first kappa shape index (κ1) is 25.3. The predicted octanol–water partition coefficient (Wildman–Crippen LogP) is 3.68. The fourth-order valence-electron chi connectivity index (χ4n) is 4.05. The van der Waals surface area contributed by atoms with Gasteiger partial charge in [-0.3, -0.25) is 9.59 Å². The molecular formula is C24H34O6S. The van der Waals surface area contributed by atoms with Crippen molar-refractivity contribution in [2.45, 2.75) is 51.6 Å². The number of methoxy groups -OCH3 is 2. The highest BCUT2D eigenvalue weighted by molar-refractivity contribution is 7.91. The average molecular weight is 451 g/mol. The molecule has 6 nitrogen and oxygen atoms in total. The topological polar surface area (TPSA) is 86.7 Å². The van der Waals surface area contributed by atoms with E-state index in [0.29, 0.717) is 19.4 Å². The zero-order valence-corrected chi connectivity index (χ0v) is 19.4. The molecule has 0 unspecified atom stereocenters. The van der Waals surface area contributed by atoms with E-state index in [1.807, 2.05) is 12.1 Å². The van der Waals surface area contributed by atoms with Crippen molar-refractivity contribution in [3.63, 3.8) is 0 Å². The van der Waals surface area contributed by atoms with Gasteiger partial charge in [0.25, 0.3) is 0 Å². The van der Waals surface area contributed by atoms with Gasteiger partial charge in [0.05, 0.1) is 25.2 Å². The van der Waals surface area contributed by atoms with Gasteiger partial charge in [-0.15, -0.1) is 0 Å². The minimum atomic E-state index is -3.28. The Balaban J connectivity index is 1.81. The van der Waals surface area contributed by atoms with Gasteiger partial charge in [-0.05, 0) is 49.1 Å². The van der Waals surface area contributed by atoms with E-state index in [4.69, 9.17) is 4.74 Å². The fraction of sp³-hybridized carbons (Fsp3) is 0.583. The Morgan fingerprint density at radius 2 is 1.97 bits per heavy atom. The lowest BCUT2D eigenvalue weighted by atomic mass is 9.92. The molecule has 1 saturated carbocycles. The number of ether oxygens (including phenoxy) is 2. The van der Waals surface area contributed by atoms with Gasteiger partial charge in [-0.2, -0.15) is 0 Å². The van der Waals surface area contributed by atoms with Gasteiger partial charge in [0.15, 0.2) is 0 Å². The van der Waals surface area contributed by atoms with E-state index >= 15 is 0 Å². The van der Waals surface area contributed by atoms with E-state index in [9.17, 15) is 18.0 Å². The summed E-state index contributed by atoms with van der Waals surface area (Å²) in [6, 6.07) is 8.32. The van der Waals surface area contributed by atoms with Gasteiger partial charge in [0.2, 0.25) is 0 Å². The number of sulfone groups is 1. The van der Waals surface area contributed by atoms with Crippen molar-refractivity contribution in [1.29, 1.82) is 0 Å². The highest BCUT2D eigenvalue weighted by atomic mass is 32.2. The Morgan fingerprint density at radius 1 is 1.19 bits per heavy atom. The van der Waals surface area contributed by atoms with Crippen LogP contribution in [-0.2, 0) is 41.9 Å². The van der Waals surface area contributed by atoms with Gasteiger partial charge in [0, 0.05) is 25.9 Å². The standard InChI is InChI=1S/C24H34O6S/c1-29-18-20-9-5-8-19(17-20)7-3-4-10-21-12-13-23(25)22(21)14-16-31(27,28)15-6-11-24(26)30-2/h4-5,8-10,17,21-22H,3,6-7,11-16,18H2,1-2H3/b10-4+/t21-,22+/m0/s1. The quantitative estimate of drug-likeness (QED) is 0.337. The number of aryl methyl sites for hydroxylation is 1. The van der Waals surface area contributed by atoms with Crippen molar-refractivity contribution in [2.24, 2.45) is 11.8 Å². The van der Waals surface area contributed by atoms with E-state index in [1.165, 1.54) is 12.7 Å². The smallest absolute Gasteiger partial charge is 0.305 e.